The molecule has 1 aromatic rings. The Bertz CT molecular complexity index is 937. The van der Waals surface area contributed by atoms with Gasteiger partial charge < -0.3 is 39.6 Å². The third kappa shape index (κ3) is 5.39. The summed E-state index contributed by atoms with van der Waals surface area (Å²) in [5.74, 6) is -3.31. The van der Waals surface area contributed by atoms with Gasteiger partial charge >= 0.3 is 0 Å². The minimum atomic E-state index is -1.07. The van der Waals surface area contributed by atoms with E-state index < -0.39 is 60.1 Å². The first-order valence-corrected chi connectivity index (χ1v) is 11.2. The predicted octanol–water partition coefficient (Wildman–Crippen LogP) is 0.643. The average Bonchev–Trinajstić information content (AvgIpc) is 3.25. The van der Waals surface area contributed by atoms with Gasteiger partial charge in [-0.1, -0.05) is 18.2 Å². The summed E-state index contributed by atoms with van der Waals surface area (Å²) in [6.45, 7) is 8.19. The molecule has 3 amide bonds. The van der Waals surface area contributed by atoms with Crippen LogP contribution < -0.4 is 16.0 Å². The zero-order chi connectivity index (χ0) is 24.7. The number of fused-ring (bicyclic) bond motifs is 3. The number of ether oxygens (including phenoxy) is 5. The van der Waals surface area contributed by atoms with Gasteiger partial charge in [0.05, 0.1) is 6.54 Å². The minimum absolute atomic E-state index is 0.347. The summed E-state index contributed by atoms with van der Waals surface area (Å²) in [6, 6.07) is 8.09. The zero-order valence-electron chi connectivity index (χ0n) is 19.8. The average molecular weight is 478 g/mol. The number of para-hydroxylation sites is 1. The number of hydrogen-bond acceptors (Lipinski definition) is 8. The standard InChI is InChI=1S/C23H31N3O8/c1-12(19(28)26-13-9-7-6-8-10-13)25-14(27)11-24-20(29)17-15-16(32-22(2,3)31-15)18-21(30-17)34-23(4,5)33-18/h6-10,12,15-18,21H,11H2,1-5H3,(H,24,29)(H,25,27)(H,26,28)/t12-,15+,16-,17+,18+,21+/m0/s1. The Balaban J connectivity index is 1.32. The van der Waals surface area contributed by atoms with E-state index in [-0.39, 0.29) is 12.5 Å². The highest BCUT2D eigenvalue weighted by atomic mass is 16.9. The molecule has 11 heteroatoms. The molecule has 1 aromatic carbocycles. The van der Waals surface area contributed by atoms with Gasteiger partial charge in [-0.05, 0) is 46.8 Å². The van der Waals surface area contributed by atoms with Gasteiger partial charge in [-0.3, -0.25) is 14.4 Å². The Morgan fingerprint density at radius 3 is 2.24 bits per heavy atom. The molecule has 0 bridgehead atoms. The fourth-order valence-electron chi connectivity index (χ4n) is 4.22. The molecule has 0 spiro atoms. The lowest BCUT2D eigenvalue weighted by Gasteiger charge is -2.36. The highest BCUT2D eigenvalue weighted by Gasteiger charge is 2.62. The van der Waals surface area contributed by atoms with E-state index in [0.717, 1.165) is 0 Å². The number of hydrogen-bond donors (Lipinski definition) is 3. The first kappa shape index (κ1) is 24.6. The van der Waals surface area contributed by atoms with Crippen molar-refractivity contribution < 1.29 is 38.1 Å². The van der Waals surface area contributed by atoms with Gasteiger partial charge in [0, 0.05) is 5.69 Å². The first-order valence-electron chi connectivity index (χ1n) is 11.2. The van der Waals surface area contributed by atoms with Crippen LogP contribution in [0.1, 0.15) is 34.6 Å². The SMILES string of the molecule is C[C@H](NC(=O)CNC(=O)[C@@H]1O[C@@H]2OC(C)(C)O[C@@H]2[C@H]2OC(C)(C)O[C@H]21)C(=O)Nc1ccccc1. The predicted molar refractivity (Wildman–Crippen MR) is 118 cm³/mol. The maximum Gasteiger partial charge on any atom is 0.252 e. The van der Waals surface area contributed by atoms with Crippen LogP contribution in [0, 0.1) is 0 Å². The van der Waals surface area contributed by atoms with Gasteiger partial charge in [-0.2, -0.15) is 0 Å². The van der Waals surface area contributed by atoms with Crippen molar-refractivity contribution in [2.24, 2.45) is 0 Å². The van der Waals surface area contributed by atoms with Gasteiger partial charge in [-0.25, -0.2) is 0 Å². The Morgan fingerprint density at radius 2 is 1.53 bits per heavy atom. The number of carbonyl (C=O) groups excluding carboxylic acids is 3. The molecule has 4 rings (SSSR count). The summed E-state index contributed by atoms with van der Waals surface area (Å²) in [5.41, 5.74) is 0.618. The van der Waals surface area contributed by atoms with E-state index in [1.54, 1.807) is 58.9 Å². The quantitative estimate of drug-likeness (QED) is 0.544. The van der Waals surface area contributed by atoms with Crippen molar-refractivity contribution in [3.05, 3.63) is 30.3 Å². The number of anilines is 1. The Labute approximate surface area is 197 Å². The topological polar surface area (TPSA) is 133 Å². The monoisotopic (exact) mass is 477 g/mol. The lowest BCUT2D eigenvalue weighted by Crippen LogP contribution is -2.60. The number of benzene rings is 1. The third-order valence-corrected chi connectivity index (χ3v) is 5.65. The molecule has 3 fully saturated rings. The lowest BCUT2D eigenvalue weighted by molar-refractivity contribution is -0.231. The second kappa shape index (κ2) is 9.23. The van der Waals surface area contributed by atoms with Crippen LogP contribution in [0.2, 0.25) is 0 Å². The lowest BCUT2D eigenvalue weighted by atomic mass is 9.98. The van der Waals surface area contributed by atoms with E-state index in [4.69, 9.17) is 23.7 Å². The second-order valence-corrected chi connectivity index (χ2v) is 9.45. The normalized spacial score (nSPS) is 31.6. The number of nitrogens with one attached hydrogen (secondary N) is 3. The summed E-state index contributed by atoms with van der Waals surface area (Å²) < 4.78 is 29.5. The molecule has 0 unspecified atom stereocenters. The van der Waals surface area contributed by atoms with E-state index >= 15 is 0 Å². The van der Waals surface area contributed by atoms with Gasteiger partial charge in [0.2, 0.25) is 11.8 Å². The van der Waals surface area contributed by atoms with Crippen molar-refractivity contribution in [1.82, 2.24) is 10.6 Å². The molecule has 0 aliphatic carbocycles. The van der Waals surface area contributed by atoms with Crippen LogP contribution in [-0.2, 0) is 38.1 Å². The van der Waals surface area contributed by atoms with Crippen molar-refractivity contribution in [3.8, 4) is 0 Å². The number of amides is 3. The highest BCUT2D eigenvalue weighted by Crippen LogP contribution is 2.44. The van der Waals surface area contributed by atoms with E-state index in [2.05, 4.69) is 16.0 Å². The Morgan fingerprint density at radius 1 is 0.912 bits per heavy atom. The molecule has 0 aromatic heterocycles. The van der Waals surface area contributed by atoms with Crippen LogP contribution in [0.5, 0.6) is 0 Å². The van der Waals surface area contributed by atoms with Gasteiger partial charge in [0.1, 0.15) is 24.4 Å². The minimum Gasteiger partial charge on any atom is -0.345 e. The molecular formula is C23H31N3O8. The smallest absolute Gasteiger partial charge is 0.252 e. The number of rotatable bonds is 6. The van der Waals surface area contributed by atoms with Crippen LogP contribution in [0.4, 0.5) is 5.69 Å². The maximum absolute atomic E-state index is 12.9. The summed E-state index contributed by atoms with van der Waals surface area (Å²) in [7, 11) is 0. The largest absolute Gasteiger partial charge is 0.345 e. The molecule has 11 nitrogen and oxygen atoms in total. The van der Waals surface area contributed by atoms with Crippen LogP contribution in [0.15, 0.2) is 30.3 Å². The molecule has 34 heavy (non-hydrogen) atoms. The van der Waals surface area contributed by atoms with Crippen LogP contribution in [0.3, 0.4) is 0 Å². The molecule has 3 aliphatic heterocycles. The van der Waals surface area contributed by atoms with E-state index in [1.165, 1.54) is 0 Å². The molecular weight excluding hydrogens is 446 g/mol. The molecule has 186 valence electrons. The van der Waals surface area contributed by atoms with Gasteiger partial charge in [0.25, 0.3) is 5.91 Å². The van der Waals surface area contributed by atoms with Crippen LogP contribution in [0.25, 0.3) is 0 Å². The van der Waals surface area contributed by atoms with Crippen molar-refractivity contribution >= 4 is 23.4 Å². The summed E-state index contributed by atoms with van der Waals surface area (Å²) in [6.07, 6.45) is -3.77. The second-order valence-electron chi connectivity index (χ2n) is 9.45. The van der Waals surface area contributed by atoms with Crippen molar-refractivity contribution in [1.29, 1.82) is 0 Å². The molecule has 3 N–H and O–H groups in total. The molecule has 0 radical (unpaired) electrons. The Kier molecular flexibility index (Phi) is 6.67. The molecule has 3 saturated heterocycles. The van der Waals surface area contributed by atoms with E-state index in [1.807, 2.05) is 6.07 Å². The fraction of sp³-hybridized carbons (Fsp3) is 0.609. The van der Waals surface area contributed by atoms with Crippen LogP contribution in [-0.4, -0.2) is 72.6 Å². The molecule has 3 heterocycles. The Hall–Kier alpha value is -2.57. The molecule has 0 saturated carbocycles. The van der Waals surface area contributed by atoms with Gasteiger partial charge in [0.15, 0.2) is 24.0 Å². The highest BCUT2D eigenvalue weighted by molar-refractivity contribution is 5.97. The summed E-state index contributed by atoms with van der Waals surface area (Å²) in [4.78, 5) is 37.6. The number of carbonyl (C=O) groups is 3. The summed E-state index contributed by atoms with van der Waals surface area (Å²) >= 11 is 0. The van der Waals surface area contributed by atoms with Gasteiger partial charge in [-0.15, -0.1) is 0 Å². The van der Waals surface area contributed by atoms with Crippen LogP contribution >= 0.6 is 0 Å². The zero-order valence-corrected chi connectivity index (χ0v) is 19.8. The fourth-order valence-corrected chi connectivity index (χ4v) is 4.22. The molecule has 3 aliphatic rings. The van der Waals surface area contributed by atoms with E-state index in [9.17, 15) is 14.4 Å². The van der Waals surface area contributed by atoms with Crippen molar-refractivity contribution in [2.75, 3.05) is 11.9 Å². The van der Waals surface area contributed by atoms with Crippen molar-refractivity contribution in [3.63, 3.8) is 0 Å². The summed E-state index contributed by atoms with van der Waals surface area (Å²) in [5, 5.41) is 7.81. The first-order chi connectivity index (χ1) is 15.9. The third-order valence-electron chi connectivity index (χ3n) is 5.65. The maximum atomic E-state index is 12.9. The van der Waals surface area contributed by atoms with E-state index in [0.29, 0.717) is 5.69 Å². The molecule has 6 atom stereocenters. The van der Waals surface area contributed by atoms with Crippen molar-refractivity contribution in [2.45, 2.75) is 82.9 Å².